The molecule has 0 atom stereocenters. The summed E-state index contributed by atoms with van der Waals surface area (Å²) in [6.07, 6.45) is 1.14. The lowest BCUT2D eigenvalue weighted by atomic mass is 11.0. The first-order valence-electron chi connectivity index (χ1n) is 3.30. The van der Waals surface area contributed by atoms with Gasteiger partial charge in [-0.3, -0.25) is 5.41 Å². The quantitative estimate of drug-likeness (QED) is 0.418. The second-order valence-electron chi connectivity index (χ2n) is 2.32. The maximum Gasteiger partial charge on any atom is 0.193 e. The monoisotopic (exact) mass is 224 g/mol. The van der Waals surface area contributed by atoms with Crippen molar-refractivity contribution in [3.8, 4) is 0 Å². The number of guanidine groups is 1. The van der Waals surface area contributed by atoms with Gasteiger partial charge in [0.15, 0.2) is 11.1 Å². The van der Waals surface area contributed by atoms with Gasteiger partial charge < -0.3 is 11.5 Å². The van der Waals surface area contributed by atoms with Gasteiger partial charge in [0.25, 0.3) is 0 Å². The zero-order chi connectivity index (χ0) is 10.5. The van der Waals surface area contributed by atoms with Gasteiger partial charge in [-0.25, -0.2) is 8.42 Å². The van der Waals surface area contributed by atoms with Crippen LogP contribution in [0.4, 0.5) is 0 Å². The van der Waals surface area contributed by atoms with Crippen LogP contribution in [0.2, 0.25) is 0 Å². The number of hydrogen-bond acceptors (Lipinski definition) is 4. The summed E-state index contributed by atoms with van der Waals surface area (Å²) in [6.45, 7) is 0. The van der Waals surface area contributed by atoms with Crippen LogP contribution in [0.3, 0.4) is 0 Å². The molecule has 0 aliphatic carbocycles. The summed E-state index contributed by atoms with van der Waals surface area (Å²) in [5, 5.41) is 7.07. The lowest BCUT2D eigenvalue weighted by Crippen LogP contribution is -2.23. The lowest BCUT2D eigenvalue weighted by Gasteiger charge is -1.97. The van der Waals surface area contributed by atoms with Crippen LogP contribution in [0, 0.1) is 5.41 Å². The van der Waals surface area contributed by atoms with Crippen molar-refractivity contribution in [1.29, 1.82) is 5.41 Å². The molecule has 0 aliphatic heterocycles. The molecule has 0 amide bonds. The van der Waals surface area contributed by atoms with Crippen molar-refractivity contribution in [2.45, 2.75) is 0 Å². The molecule has 0 fully saturated rings. The summed E-state index contributed by atoms with van der Waals surface area (Å²) in [6, 6.07) is 0. The number of aliphatic imine (C=N–C) groups is 1. The molecule has 0 aliphatic rings. The molecule has 0 aromatic carbocycles. The van der Waals surface area contributed by atoms with Crippen molar-refractivity contribution in [1.82, 2.24) is 0 Å². The smallest absolute Gasteiger partial charge is 0.193 e. The van der Waals surface area contributed by atoms with E-state index in [1.54, 1.807) is 0 Å². The summed E-state index contributed by atoms with van der Waals surface area (Å²) >= 11 is 0.988. The molecule has 6 nitrogen and oxygen atoms in total. The van der Waals surface area contributed by atoms with Gasteiger partial charge in [0.05, 0.1) is 5.75 Å². The Bertz CT molecular complexity index is 304. The predicted octanol–water partition coefficient (Wildman–Crippen LogP) is -1.03. The van der Waals surface area contributed by atoms with Gasteiger partial charge in [0, 0.05) is 12.0 Å². The van der Waals surface area contributed by atoms with Gasteiger partial charge in [0.1, 0.15) is 9.84 Å². The molecule has 5 N–H and O–H groups in total. The molecule has 13 heavy (non-hydrogen) atoms. The number of nitrogens with two attached hydrogens (primary N) is 2. The topological polar surface area (TPSA) is 122 Å². The van der Waals surface area contributed by atoms with E-state index in [-0.39, 0.29) is 22.6 Å². The van der Waals surface area contributed by atoms with Crippen molar-refractivity contribution in [3.05, 3.63) is 0 Å². The zero-order valence-corrected chi connectivity index (χ0v) is 8.78. The van der Waals surface area contributed by atoms with Crippen molar-refractivity contribution in [2.24, 2.45) is 16.5 Å². The molecule has 0 saturated carbocycles. The Balaban J connectivity index is 3.80. The average molecular weight is 224 g/mol. The SMILES string of the molecule is CS(=O)(=O)CCSC(=N)N=C(N)N. The van der Waals surface area contributed by atoms with Crippen molar-refractivity contribution in [2.75, 3.05) is 17.8 Å². The fourth-order valence-corrected chi connectivity index (χ4v) is 2.35. The number of nitrogens with zero attached hydrogens (tertiary/aromatic N) is 1. The third-order valence-corrected chi connectivity index (χ3v) is 2.90. The molecule has 0 saturated heterocycles. The minimum Gasteiger partial charge on any atom is -0.370 e. The molecule has 0 radical (unpaired) electrons. The molecular weight excluding hydrogens is 212 g/mol. The van der Waals surface area contributed by atoms with Gasteiger partial charge in [0.2, 0.25) is 0 Å². The third-order valence-electron chi connectivity index (χ3n) is 0.924. The molecule has 0 bridgehead atoms. The Labute approximate surface area is 81.2 Å². The van der Waals surface area contributed by atoms with Gasteiger partial charge in [-0.1, -0.05) is 11.8 Å². The Morgan fingerprint density at radius 3 is 2.46 bits per heavy atom. The van der Waals surface area contributed by atoms with Crippen LogP contribution in [0.5, 0.6) is 0 Å². The predicted molar refractivity (Wildman–Crippen MR) is 55.7 cm³/mol. The third kappa shape index (κ3) is 9.15. The minimum absolute atomic E-state index is 0.0139. The molecule has 0 rings (SSSR count). The van der Waals surface area contributed by atoms with Crippen LogP contribution in [0.1, 0.15) is 0 Å². The second kappa shape index (κ2) is 5.07. The first-order chi connectivity index (χ1) is 5.81. The van der Waals surface area contributed by atoms with Crippen molar-refractivity contribution in [3.63, 3.8) is 0 Å². The van der Waals surface area contributed by atoms with Gasteiger partial charge in [-0.05, 0) is 0 Å². The Morgan fingerprint density at radius 2 is 2.08 bits per heavy atom. The summed E-state index contributed by atoms with van der Waals surface area (Å²) in [5.74, 6) is 0.103. The Hall–Kier alpha value is -0.760. The summed E-state index contributed by atoms with van der Waals surface area (Å²) in [7, 11) is -2.98. The minimum atomic E-state index is -2.98. The molecule has 0 aromatic rings. The highest BCUT2D eigenvalue weighted by Gasteiger charge is 2.03. The summed E-state index contributed by atoms with van der Waals surface area (Å²) in [4.78, 5) is 3.42. The number of thioether (sulfide) groups is 1. The second-order valence-corrected chi connectivity index (χ2v) is 5.66. The normalized spacial score (nSPS) is 10.8. The fourth-order valence-electron chi connectivity index (χ4n) is 0.439. The molecule has 0 spiro atoms. The Kier molecular flexibility index (Phi) is 4.78. The summed E-state index contributed by atoms with van der Waals surface area (Å²) < 4.78 is 21.3. The van der Waals surface area contributed by atoms with E-state index < -0.39 is 9.84 Å². The standard InChI is InChI=1S/C5H12N4O2S2/c1-13(10,11)3-2-12-5(8)9-4(6)7/h2-3H2,1H3,(H5,6,7,8,9). The lowest BCUT2D eigenvalue weighted by molar-refractivity contribution is 0.603. The molecule has 0 heterocycles. The number of amidine groups is 1. The van der Waals surface area contributed by atoms with E-state index in [0.29, 0.717) is 0 Å². The van der Waals surface area contributed by atoms with Crippen LogP contribution in [-0.2, 0) is 9.84 Å². The molecule has 0 unspecified atom stereocenters. The Morgan fingerprint density at radius 1 is 1.54 bits per heavy atom. The number of sulfone groups is 1. The zero-order valence-electron chi connectivity index (χ0n) is 7.15. The van der Waals surface area contributed by atoms with Crippen LogP contribution in [0.15, 0.2) is 4.99 Å². The van der Waals surface area contributed by atoms with Gasteiger partial charge in [-0.15, -0.1) is 0 Å². The maximum absolute atomic E-state index is 10.7. The highest BCUT2D eigenvalue weighted by molar-refractivity contribution is 8.14. The van der Waals surface area contributed by atoms with E-state index in [0.717, 1.165) is 18.0 Å². The van der Waals surface area contributed by atoms with E-state index in [9.17, 15) is 8.42 Å². The molecule has 0 aromatic heterocycles. The largest absolute Gasteiger partial charge is 0.370 e. The average Bonchev–Trinajstić information content (AvgIpc) is 1.81. The fraction of sp³-hybridized carbons (Fsp3) is 0.600. The van der Waals surface area contributed by atoms with Crippen LogP contribution in [-0.4, -0.2) is 37.3 Å². The van der Waals surface area contributed by atoms with Crippen LogP contribution < -0.4 is 11.5 Å². The van der Waals surface area contributed by atoms with E-state index in [4.69, 9.17) is 16.9 Å². The van der Waals surface area contributed by atoms with E-state index in [2.05, 4.69) is 4.99 Å². The van der Waals surface area contributed by atoms with Gasteiger partial charge >= 0.3 is 0 Å². The van der Waals surface area contributed by atoms with E-state index in [1.807, 2.05) is 0 Å². The number of hydrogen-bond donors (Lipinski definition) is 3. The van der Waals surface area contributed by atoms with E-state index in [1.165, 1.54) is 0 Å². The molecular formula is C5H12N4O2S2. The highest BCUT2D eigenvalue weighted by atomic mass is 32.2. The number of nitrogens with one attached hydrogen (secondary N) is 1. The number of rotatable bonds is 3. The summed E-state index contributed by atoms with van der Waals surface area (Å²) in [5.41, 5.74) is 10.0. The first kappa shape index (κ1) is 12.2. The van der Waals surface area contributed by atoms with Crippen LogP contribution in [0.25, 0.3) is 0 Å². The molecule has 8 heteroatoms. The first-order valence-corrected chi connectivity index (χ1v) is 6.34. The van der Waals surface area contributed by atoms with Crippen LogP contribution >= 0.6 is 11.8 Å². The maximum atomic E-state index is 10.7. The molecule has 76 valence electrons. The van der Waals surface area contributed by atoms with Crippen molar-refractivity contribution >= 4 is 32.7 Å². The van der Waals surface area contributed by atoms with E-state index >= 15 is 0 Å². The van der Waals surface area contributed by atoms with Gasteiger partial charge in [-0.2, -0.15) is 4.99 Å². The van der Waals surface area contributed by atoms with Crippen molar-refractivity contribution < 1.29 is 8.42 Å². The highest BCUT2D eigenvalue weighted by Crippen LogP contribution is 2.03.